The van der Waals surface area contributed by atoms with Gasteiger partial charge in [0.2, 0.25) is 0 Å². The average molecular weight is 612 g/mol. The van der Waals surface area contributed by atoms with Gasteiger partial charge in [-0.15, -0.1) is 0 Å². The lowest BCUT2D eigenvalue weighted by Crippen LogP contribution is -2.29. The van der Waals surface area contributed by atoms with E-state index in [4.69, 9.17) is 4.74 Å². The fourth-order valence-electron chi connectivity index (χ4n) is 3.64. The highest BCUT2D eigenvalue weighted by Gasteiger charge is 2.34. The van der Waals surface area contributed by atoms with Crippen LogP contribution < -0.4 is 4.74 Å². The van der Waals surface area contributed by atoms with Crippen LogP contribution in [0.5, 0.6) is 5.75 Å². The Morgan fingerprint density at radius 3 is 2.40 bits per heavy atom. The molecule has 35 heavy (non-hydrogen) atoms. The number of halogens is 2. The van der Waals surface area contributed by atoms with Gasteiger partial charge in [0, 0.05) is 12.1 Å². The maximum Gasteiger partial charge on any atom is 0.293 e. The normalized spacial score (nSPS) is 14.4. The molecule has 1 aliphatic heterocycles. The highest BCUT2D eigenvalue weighted by molar-refractivity contribution is 9.11. The third-order valence-electron chi connectivity index (χ3n) is 5.39. The van der Waals surface area contributed by atoms with Crippen molar-refractivity contribution in [2.75, 3.05) is 6.54 Å². The van der Waals surface area contributed by atoms with Crippen LogP contribution in [0.2, 0.25) is 0 Å². The molecule has 0 bridgehead atoms. The summed E-state index contributed by atoms with van der Waals surface area (Å²) >= 11 is 8.02. The van der Waals surface area contributed by atoms with Gasteiger partial charge >= 0.3 is 0 Å². The van der Waals surface area contributed by atoms with Crippen molar-refractivity contribution >= 4 is 60.8 Å². The van der Waals surface area contributed by atoms with Crippen molar-refractivity contribution < 1.29 is 14.3 Å². The molecule has 176 valence electrons. The Balaban J connectivity index is 1.43. The summed E-state index contributed by atoms with van der Waals surface area (Å²) in [5.74, 6) is 0.317. The van der Waals surface area contributed by atoms with Crippen LogP contribution in [-0.4, -0.2) is 22.6 Å². The van der Waals surface area contributed by atoms with E-state index in [1.807, 2.05) is 60.7 Å². The molecule has 3 aromatic carbocycles. The fourth-order valence-corrected chi connectivity index (χ4v) is 5.95. The molecule has 0 N–H and O–H groups in total. The Labute approximate surface area is 225 Å². The topological polar surface area (TPSA) is 70.4 Å². The third kappa shape index (κ3) is 6.23. The van der Waals surface area contributed by atoms with E-state index in [-0.39, 0.29) is 17.8 Å². The van der Waals surface area contributed by atoms with Crippen LogP contribution in [0.3, 0.4) is 0 Å². The van der Waals surface area contributed by atoms with Crippen LogP contribution in [-0.2, 0) is 17.8 Å². The lowest BCUT2D eigenvalue weighted by molar-refractivity contribution is -0.122. The maximum absolute atomic E-state index is 12.9. The van der Waals surface area contributed by atoms with Crippen molar-refractivity contribution in [3.63, 3.8) is 0 Å². The molecule has 4 rings (SSSR count). The quantitative estimate of drug-likeness (QED) is 0.249. The van der Waals surface area contributed by atoms with Gasteiger partial charge in [-0.25, -0.2) is 0 Å². The number of benzene rings is 3. The molecule has 3 aromatic rings. The molecular formula is C27H20Br2N2O3S. The van der Waals surface area contributed by atoms with Gasteiger partial charge in [0.05, 0.1) is 25.5 Å². The molecular weight excluding hydrogens is 592 g/mol. The predicted molar refractivity (Wildman–Crippen MR) is 145 cm³/mol. The summed E-state index contributed by atoms with van der Waals surface area (Å²) in [4.78, 5) is 27.0. The van der Waals surface area contributed by atoms with E-state index in [1.54, 1.807) is 12.1 Å². The third-order valence-corrected chi connectivity index (χ3v) is 7.48. The number of amides is 2. The van der Waals surface area contributed by atoms with E-state index in [9.17, 15) is 14.9 Å². The minimum atomic E-state index is -0.270. The number of nitrogens with zero attached hydrogens (tertiary/aromatic N) is 2. The van der Waals surface area contributed by atoms with Crippen molar-refractivity contribution in [1.29, 1.82) is 5.26 Å². The number of imide groups is 1. The van der Waals surface area contributed by atoms with Gasteiger partial charge in [0.25, 0.3) is 11.1 Å². The number of carbonyl (C=O) groups excluding carboxylic acids is 2. The standard InChI is InChI=1S/C27H20Br2N2O3S/c28-22-13-19(14-23(29)25(22)34-17-21-11-5-4-10-20(21)16-30)15-24-26(32)31(27(33)35-24)12-6-9-18-7-2-1-3-8-18/h1-5,7-8,10-11,13-15H,6,9,12,17H2/b24-15+. The molecule has 5 nitrogen and oxygen atoms in total. The van der Waals surface area contributed by atoms with Crippen molar-refractivity contribution in [2.24, 2.45) is 0 Å². The lowest BCUT2D eigenvalue weighted by atomic mass is 10.1. The highest BCUT2D eigenvalue weighted by Crippen LogP contribution is 2.38. The van der Waals surface area contributed by atoms with E-state index in [0.717, 1.165) is 29.3 Å². The zero-order valence-corrected chi connectivity index (χ0v) is 22.5. The molecule has 1 heterocycles. The molecule has 1 aliphatic rings. The van der Waals surface area contributed by atoms with Crippen LogP contribution in [0.1, 0.15) is 28.7 Å². The van der Waals surface area contributed by atoms with E-state index in [2.05, 4.69) is 37.9 Å². The molecule has 1 fully saturated rings. The predicted octanol–water partition coefficient (Wildman–Crippen LogP) is 7.33. The number of hydrogen-bond acceptors (Lipinski definition) is 5. The summed E-state index contributed by atoms with van der Waals surface area (Å²) in [5.41, 5.74) is 3.29. The average Bonchev–Trinajstić information content (AvgIpc) is 3.11. The summed E-state index contributed by atoms with van der Waals surface area (Å²) in [7, 11) is 0. The molecule has 0 saturated carbocycles. The molecule has 0 radical (unpaired) electrons. The number of thioether (sulfide) groups is 1. The zero-order valence-electron chi connectivity index (χ0n) is 18.5. The van der Waals surface area contributed by atoms with Gasteiger partial charge in [-0.3, -0.25) is 14.5 Å². The Morgan fingerprint density at radius 1 is 1.00 bits per heavy atom. The first-order valence-electron chi connectivity index (χ1n) is 10.9. The largest absolute Gasteiger partial charge is 0.486 e. The number of hydrogen-bond donors (Lipinski definition) is 0. The van der Waals surface area contributed by atoms with Crippen molar-refractivity contribution in [3.05, 3.63) is 103 Å². The summed E-state index contributed by atoms with van der Waals surface area (Å²) in [6.45, 7) is 0.628. The summed E-state index contributed by atoms with van der Waals surface area (Å²) in [5, 5.41) is 9.02. The summed E-state index contributed by atoms with van der Waals surface area (Å²) in [6, 6.07) is 23.1. The smallest absolute Gasteiger partial charge is 0.293 e. The highest BCUT2D eigenvalue weighted by atomic mass is 79.9. The summed E-state index contributed by atoms with van der Waals surface area (Å²) in [6.07, 6.45) is 3.24. The molecule has 1 saturated heterocycles. The molecule has 0 unspecified atom stereocenters. The second-order valence-electron chi connectivity index (χ2n) is 7.79. The van der Waals surface area contributed by atoms with Crippen LogP contribution in [0.15, 0.2) is 80.6 Å². The van der Waals surface area contributed by atoms with E-state index >= 15 is 0 Å². The van der Waals surface area contributed by atoms with E-state index < -0.39 is 0 Å². The molecule has 2 amide bonds. The Kier molecular flexibility index (Phi) is 8.45. The fraction of sp³-hybridized carbons (Fsp3) is 0.148. The summed E-state index contributed by atoms with van der Waals surface area (Å²) < 4.78 is 7.34. The number of aryl methyl sites for hydroxylation is 1. The van der Waals surface area contributed by atoms with Gasteiger partial charge in [0.15, 0.2) is 0 Å². The Hall–Kier alpha value is -2.86. The number of rotatable bonds is 8. The van der Waals surface area contributed by atoms with Crippen LogP contribution >= 0.6 is 43.6 Å². The first-order valence-corrected chi connectivity index (χ1v) is 13.3. The monoisotopic (exact) mass is 610 g/mol. The minimum absolute atomic E-state index is 0.238. The minimum Gasteiger partial charge on any atom is -0.486 e. The van der Waals surface area contributed by atoms with E-state index in [0.29, 0.717) is 38.1 Å². The number of carbonyl (C=O) groups is 2. The van der Waals surface area contributed by atoms with Gasteiger partial charge < -0.3 is 4.74 Å². The second kappa shape index (κ2) is 11.7. The SMILES string of the molecule is N#Cc1ccccc1COc1c(Br)cc(/C=C2/SC(=O)N(CCCc3ccccc3)C2=O)cc1Br. The van der Waals surface area contributed by atoms with Gasteiger partial charge in [-0.2, -0.15) is 5.26 Å². The Bertz CT molecular complexity index is 1310. The van der Waals surface area contributed by atoms with E-state index in [1.165, 1.54) is 10.5 Å². The van der Waals surface area contributed by atoms with Crippen LogP contribution in [0.25, 0.3) is 6.08 Å². The van der Waals surface area contributed by atoms with Gasteiger partial charge in [-0.05, 0) is 91.9 Å². The second-order valence-corrected chi connectivity index (χ2v) is 10.5. The first-order chi connectivity index (χ1) is 17.0. The Morgan fingerprint density at radius 2 is 1.69 bits per heavy atom. The molecule has 0 aromatic heterocycles. The van der Waals surface area contributed by atoms with Crippen molar-refractivity contribution in [2.45, 2.75) is 19.4 Å². The number of nitriles is 1. The number of ether oxygens (including phenoxy) is 1. The molecule has 0 aliphatic carbocycles. The van der Waals surface area contributed by atoms with Crippen LogP contribution in [0, 0.1) is 11.3 Å². The van der Waals surface area contributed by atoms with Gasteiger partial charge in [-0.1, -0.05) is 48.5 Å². The van der Waals surface area contributed by atoms with Crippen molar-refractivity contribution in [1.82, 2.24) is 4.90 Å². The lowest BCUT2D eigenvalue weighted by Gasteiger charge is -2.13. The maximum atomic E-state index is 12.9. The molecule has 8 heteroatoms. The van der Waals surface area contributed by atoms with Crippen LogP contribution in [0.4, 0.5) is 4.79 Å². The first kappa shape index (κ1) is 25.2. The zero-order chi connectivity index (χ0) is 24.8. The molecule has 0 spiro atoms. The molecule has 0 atom stereocenters. The van der Waals surface area contributed by atoms with Crippen molar-refractivity contribution in [3.8, 4) is 11.8 Å². The van der Waals surface area contributed by atoms with Gasteiger partial charge in [0.1, 0.15) is 12.4 Å².